The van der Waals surface area contributed by atoms with Crippen LogP contribution in [-0.2, 0) is 20.6 Å². The molecule has 0 spiro atoms. The summed E-state index contributed by atoms with van der Waals surface area (Å²) < 4.78 is 26.8. The number of rotatable bonds is 6. The van der Waals surface area contributed by atoms with Gasteiger partial charge in [0.1, 0.15) is 0 Å². The molecule has 2 aromatic carbocycles. The normalized spacial score (nSPS) is 16.1. The van der Waals surface area contributed by atoms with Gasteiger partial charge in [0.05, 0.1) is 12.3 Å². The lowest BCUT2D eigenvalue weighted by Crippen LogP contribution is -2.50. The maximum absolute atomic E-state index is 12.6. The summed E-state index contributed by atoms with van der Waals surface area (Å²) in [5.41, 5.74) is 3.81. The number of carbonyl (C=O) groups excluding carboxylic acids is 1. The highest BCUT2D eigenvalue weighted by molar-refractivity contribution is 7.88. The maximum atomic E-state index is 12.6. The van der Waals surface area contributed by atoms with Crippen LogP contribution in [0.3, 0.4) is 0 Å². The molecule has 0 aliphatic carbocycles. The van der Waals surface area contributed by atoms with Crippen LogP contribution in [0.5, 0.6) is 0 Å². The van der Waals surface area contributed by atoms with Gasteiger partial charge in [0, 0.05) is 31.9 Å². The molecular formula is C21H27N3O3S. The Morgan fingerprint density at radius 2 is 1.64 bits per heavy atom. The quantitative estimate of drug-likeness (QED) is 0.807. The van der Waals surface area contributed by atoms with Crippen molar-refractivity contribution >= 4 is 21.6 Å². The van der Waals surface area contributed by atoms with Crippen molar-refractivity contribution in [2.45, 2.75) is 19.6 Å². The molecule has 0 unspecified atom stereocenters. The van der Waals surface area contributed by atoms with Crippen LogP contribution in [0, 0.1) is 13.8 Å². The second kappa shape index (κ2) is 8.86. The molecule has 7 heteroatoms. The number of anilines is 1. The van der Waals surface area contributed by atoms with E-state index in [9.17, 15) is 13.2 Å². The van der Waals surface area contributed by atoms with Crippen molar-refractivity contribution < 1.29 is 13.2 Å². The Morgan fingerprint density at radius 3 is 2.32 bits per heavy atom. The van der Waals surface area contributed by atoms with Crippen molar-refractivity contribution in [1.29, 1.82) is 0 Å². The highest BCUT2D eigenvalue weighted by atomic mass is 32.2. The fraction of sp³-hybridized carbons (Fsp3) is 0.381. The van der Waals surface area contributed by atoms with Crippen LogP contribution in [0.15, 0.2) is 48.5 Å². The molecule has 1 aliphatic rings. The third-order valence-electron chi connectivity index (χ3n) is 5.16. The number of nitrogens with one attached hydrogen (secondary N) is 1. The first kappa shape index (κ1) is 20.5. The first-order chi connectivity index (χ1) is 13.3. The number of aryl methyl sites for hydroxylation is 1. The number of piperazine rings is 1. The van der Waals surface area contributed by atoms with E-state index in [1.807, 2.05) is 67.3 Å². The highest BCUT2D eigenvalue weighted by Gasteiger charge is 2.27. The summed E-state index contributed by atoms with van der Waals surface area (Å²) in [4.78, 5) is 14.4. The predicted molar refractivity (Wildman–Crippen MR) is 112 cm³/mol. The zero-order valence-electron chi connectivity index (χ0n) is 16.4. The maximum Gasteiger partial charge on any atom is 0.238 e. The van der Waals surface area contributed by atoms with E-state index in [0.29, 0.717) is 26.2 Å². The summed E-state index contributed by atoms with van der Waals surface area (Å²) in [5, 5.41) is 2.96. The Bertz CT molecular complexity index is 921. The van der Waals surface area contributed by atoms with Gasteiger partial charge in [-0.1, -0.05) is 42.5 Å². The van der Waals surface area contributed by atoms with Crippen molar-refractivity contribution in [3.63, 3.8) is 0 Å². The minimum absolute atomic E-state index is 0.0148. The average molecular weight is 402 g/mol. The van der Waals surface area contributed by atoms with E-state index in [4.69, 9.17) is 0 Å². The summed E-state index contributed by atoms with van der Waals surface area (Å²) in [7, 11) is -3.34. The van der Waals surface area contributed by atoms with Crippen LogP contribution in [-0.4, -0.2) is 56.3 Å². The van der Waals surface area contributed by atoms with Gasteiger partial charge in [0.25, 0.3) is 0 Å². The van der Waals surface area contributed by atoms with Crippen LogP contribution >= 0.6 is 0 Å². The van der Waals surface area contributed by atoms with Crippen molar-refractivity contribution in [2.24, 2.45) is 0 Å². The van der Waals surface area contributed by atoms with Gasteiger partial charge in [-0.15, -0.1) is 0 Å². The Hall–Kier alpha value is -2.22. The second-order valence-corrected chi connectivity index (χ2v) is 9.18. The number of benzene rings is 2. The Morgan fingerprint density at radius 1 is 0.964 bits per heavy atom. The molecule has 1 heterocycles. The molecule has 1 amide bonds. The summed E-state index contributed by atoms with van der Waals surface area (Å²) >= 11 is 0. The lowest BCUT2D eigenvalue weighted by Gasteiger charge is -2.33. The molecule has 0 atom stereocenters. The molecule has 2 aromatic rings. The lowest BCUT2D eigenvalue weighted by molar-refractivity contribution is -0.117. The number of carbonyl (C=O) groups is 1. The predicted octanol–water partition coefficient (Wildman–Crippen LogP) is 2.39. The molecule has 6 nitrogen and oxygen atoms in total. The minimum Gasteiger partial charge on any atom is -0.325 e. The third-order valence-corrected chi connectivity index (χ3v) is 7.01. The molecule has 0 aromatic heterocycles. The molecular weight excluding hydrogens is 374 g/mol. The fourth-order valence-electron chi connectivity index (χ4n) is 3.32. The van der Waals surface area contributed by atoms with E-state index in [2.05, 4.69) is 5.32 Å². The molecule has 3 rings (SSSR count). The van der Waals surface area contributed by atoms with Gasteiger partial charge < -0.3 is 5.32 Å². The van der Waals surface area contributed by atoms with Crippen molar-refractivity contribution in [2.75, 3.05) is 38.0 Å². The van der Waals surface area contributed by atoms with Crippen molar-refractivity contribution in [3.05, 3.63) is 65.2 Å². The summed E-state index contributed by atoms with van der Waals surface area (Å²) in [6.07, 6.45) is 0. The Kier molecular flexibility index (Phi) is 6.49. The molecule has 150 valence electrons. The molecule has 1 aliphatic heterocycles. The Labute approximate surface area is 167 Å². The van der Waals surface area contributed by atoms with Crippen LogP contribution in [0.4, 0.5) is 5.69 Å². The number of nitrogens with zero attached hydrogens (tertiary/aromatic N) is 2. The summed E-state index contributed by atoms with van der Waals surface area (Å²) in [6.45, 7) is 6.18. The van der Waals surface area contributed by atoms with Crippen LogP contribution in [0.2, 0.25) is 0 Å². The zero-order valence-corrected chi connectivity index (χ0v) is 17.2. The van der Waals surface area contributed by atoms with Crippen molar-refractivity contribution in [1.82, 2.24) is 9.21 Å². The average Bonchev–Trinajstić information content (AvgIpc) is 2.66. The molecule has 1 N–H and O–H groups in total. The molecule has 1 fully saturated rings. The van der Waals surface area contributed by atoms with Gasteiger partial charge in [-0.2, -0.15) is 4.31 Å². The van der Waals surface area contributed by atoms with Gasteiger partial charge in [0.15, 0.2) is 0 Å². The smallest absolute Gasteiger partial charge is 0.238 e. The largest absolute Gasteiger partial charge is 0.325 e. The molecule has 0 radical (unpaired) electrons. The van der Waals surface area contributed by atoms with Crippen LogP contribution < -0.4 is 5.32 Å². The van der Waals surface area contributed by atoms with Crippen molar-refractivity contribution in [3.8, 4) is 0 Å². The molecule has 1 saturated heterocycles. The van der Waals surface area contributed by atoms with Crippen LogP contribution in [0.25, 0.3) is 0 Å². The lowest BCUT2D eigenvalue weighted by atomic mass is 10.1. The fourth-order valence-corrected chi connectivity index (χ4v) is 4.84. The number of hydrogen-bond acceptors (Lipinski definition) is 4. The first-order valence-corrected chi connectivity index (χ1v) is 11.1. The number of hydrogen-bond donors (Lipinski definition) is 1. The van der Waals surface area contributed by atoms with Gasteiger partial charge in [-0.25, -0.2) is 8.42 Å². The third kappa shape index (κ3) is 5.19. The van der Waals surface area contributed by atoms with E-state index >= 15 is 0 Å². The van der Waals surface area contributed by atoms with E-state index < -0.39 is 10.0 Å². The standard InChI is InChI=1S/C21H27N3O3S/c1-17-7-6-10-20(18(17)2)22-21(25)15-23-11-13-24(14-12-23)28(26,27)16-19-8-4-3-5-9-19/h3-10H,11-16H2,1-2H3,(H,22,25). The monoisotopic (exact) mass is 401 g/mol. The van der Waals surface area contributed by atoms with Crippen LogP contribution in [0.1, 0.15) is 16.7 Å². The summed E-state index contributed by atoms with van der Waals surface area (Å²) in [5.74, 6) is -0.0599. The molecule has 0 bridgehead atoms. The minimum atomic E-state index is -3.34. The van der Waals surface area contributed by atoms with Gasteiger partial charge >= 0.3 is 0 Å². The molecule has 0 saturated carbocycles. The van der Waals surface area contributed by atoms with E-state index in [1.54, 1.807) is 0 Å². The van der Waals surface area contributed by atoms with E-state index in [0.717, 1.165) is 22.4 Å². The first-order valence-electron chi connectivity index (χ1n) is 9.45. The number of amides is 1. The zero-order chi connectivity index (χ0) is 20.1. The SMILES string of the molecule is Cc1cccc(NC(=O)CN2CCN(S(=O)(=O)Cc3ccccc3)CC2)c1C. The number of sulfonamides is 1. The van der Waals surface area contributed by atoms with E-state index in [-0.39, 0.29) is 18.2 Å². The topological polar surface area (TPSA) is 69.7 Å². The van der Waals surface area contributed by atoms with Gasteiger partial charge in [-0.05, 0) is 36.6 Å². The summed E-state index contributed by atoms with van der Waals surface area (Å²) in [6, 6.07) is 15.0. The van der Waals surface area contributed by atoms with Gasteiger partial charge in [-0.3, -0.25) is 9.69 Å². The Balaban J connectivity index is 1.51. The highest BCUT2D eigenvalue weighted by Crippen LogP contribution is 2.18. The molecule has 28 heavy (non-hydrogen) atoms. The second-order valence-electron chi connectivity index (χ2n) is 7.21. The van der Waals surface area contributed by atoms with E-state index in [1.165, 1.54) is 4.31 Å². The van der Waals surface area contributed by atoms with Gasteiger partial charge in [0.2, 0.25) is 15.9 Å².